The highest BCUT2D eigenvalue weighted by atomic mass is 35.5. The van der Waals surface area contributed by atoms with E-state index in [2.05, 4.69) is 24.2 Å². The van der Waals surface area contributed by atoms with Gasteiger partial charge in [-0.1, -0.05) is 24.6 Å². The lowest BCUT2D eigenvalue weighted by atomic mass is 9.94. The molecule has 118 valence electrons. The number of methoxy groups -OCH3 is 2. The maximum atomic E-state index is 6.42. The Bertz CT molecular complexity index is 482. The van der Waals surface area contributed by atoms with Crippen molar-refractivity contribution in [1.29, 1.82) is 0 Å². The molecule has 1 saturated heterocycles. The first-order valence-electron chi connectivity index (χ1n) is 7.38. The first-order chi connectivity index (χ1) is 10.1. The quantitative estimate of drug-likeness (QED) is 0.906. The van der Waals surface area contributed by atoms with Crippen molar-refractivity contribution in [3.05, 3.63) is 22.7 Å². The molecule has 1 aliphatic rings. The fraction of sp³-hybridized carbons (Fsp3) is 0.625. The Balaban J connectivity index is 2.03. The van der Waals surface area contributed by atoms with E-state index in [9.17, 15) is 0 Å². The number of hydrogen-bond acceptors (Lipinski definition) is 4. The fourth-order valence-electron chi connectivity index (χ4n) is 2.97. The molecule has 0 aliphatic carbocycles. The topological polar surface area (TPSA) is 33.7 Å². The average molecular weight is 313 g/mol. The van der Waals surface area contributed by atoms with Gasteiger partial charge in [0.25, 0.3) is 0 Å². The Labute approximate surface area is 132 Å². The normalized spacial score (nSPS) is 23.1. The number of rotatable bonds is 5. The van der Waals surface area contributed by atoms with Gasteiger partial charge in [0.05, 0.1) is 19.2 Å². The van der Waals surface area contributed by atoms with Crippen LogP contribution in [-0.4, -0.2) is 45.3 Å². The van der Waals surface area contributed by atoms with Crippen LogP contribution in [0, 0.1) is 5.92 Å². The molecule has 0 bridgehead atoms. The van der Waals surface area contributed by atoms with Crippen molar-refractivity contribution in [1.82, 2.24) is 10.2 Å². The van der Waals surface area contributed by atoms with Gasteiger partial charge in [-0.25, -0.2) is 0 Å². The van der Waals surface area contributed by atoms with Crippen LogP contribution in [0.15, 0.2) is 12.1 Å². The van der Waals surface area contributed by atoms with Gasteiger partial charge in [-0.05, 0) is 37.6 Å². The molecule has 0 radical (unpaired) electrons. The van der Waals surface area contributed by atoms with Crippen molar-refractivity contribution in [3.63, 3.8) is 0 Å². The van der Waals surface area contributed by atoms with Crippen LogP contribution in [0.3, 0.4) is 0 Å². The molecule has 0 aromatic heterocycles. The summed E-state index contributed by atoms with van der Waals surface area (Å²) in [5, 5.41) is 4.26. The van der Waals surface area contributed by atoms with Gasteiger partial charge < -0.3 is 19.7 Å². The molecule has 21 heavy (non-hydrogen) atoms. The van der Waals surface area contributed by atoms with E-state index >= 15 is 0 Å². The summed E-state index contributed by atoms with van der Waals surface area (Å²) >= 11 is 6.42. The standard InChI is InChI=1S/C16H25ClN2O2/c1-11-10-19(2)8-7-13(11)18-9-12-5-6-14(20-3)16(21-4)15(12)17/h5-6,11,13,18H,7-10H2,1-4H3. The maximum absolute atomic E-state index is 6.42. The lowest BCUT2D eigenvalue weighted by Gasteiger charge is -2.35. The predicted octanol–water partition coefficient (Wildman–Crippen LogP) is 2.79. The first-order valence-corrected chi connectivity index (χ1v) is 7.76. The molecule has 2 rings (SSSR count). The molecule has 1 aromatic carbocycles. The average Bonchev–Trinajstić information content (AvgIpc) is 2.47. The van der Waals surface area contributed by atoms with Gasteiger partial charge in [0, 0.05) is 19.1 Å². The summed E-state index contributed by atoms with van der Waals surface area (Å²) < 4.78 is 10.6. The van der Waals surface area contributed by atoms with Gasteiger partial charge in [0.2, 0.25) is 0 Å². The van der Waals surface area contributed by atoms with E-state index in [0.717, 1.165) is 25.2 Å². The van der Waals surface area contributed by atoms with Crippen LogP contribution >= 0.6 is 11.6 Å². The highest BCUT2D eigenvalue weighted by Crippen LogP contribution is 2.37. The Morgan fingerprint density at radius 2 is 2.10 bits per heavy atom. The van der Waals surface area contributed by atoms with Gasteiger partial charge >= 0.3 is 0 Å². The smallest absolute Gasteiger partial charge is 0.179 e. The zero-order valence-electron chi connectivity index (χ0n) is 13.3. The number of nitrogens with zero attached hydrogens (tertiary/aromatic N) is 1. The molecule has 2 unspecified atom stereocenters. The number of likely N-dealkylation sites (tertiary alicyclic amines) is 1. The van der Waals surface area contributed by atoms with Crippen LogP contribution in [0.1, 0.15) is 18.9 Å². The zero-order valence-corrected chi connectivity index (χ0v) is 14.0. The van der Waals surface area contributed by atoms with Crippen molar-refractivity contribution in [2.24, 2.45) is 5.92 Å². The van der Waals surface area contributed by atoms with Gasteiger partial charge in [-0.2, -0.15) is 0 Å². The molecule has 0 saturated carbocycles. The number of nitrogens with one attached hydrogen (secondary N) is 1. The second-order valence-corrected chi connectivity index (χ2v) is 6.17. The SMILES string of the molecule is COc1ccc(CNC2CCN(C)CC2C)c(Cl)c1OC. The van der Waals surface area contributed by atoms with Crippen LogP contribution in [0.25, 0.3) is 0 Å². The van der Waals surface area contributed by atoms with E-state index < -0.39 is 0 Å². The second kappa shape index (κ2) is 7.34. The van der Waals surface area contributed by atoms with E-state index in [0.29, 0.717) is 28.5 Å². The number of piperidine rings is 1. The van der Waals surface area contributed by atoms with E-state index in [-0.39, 0.29) is 0 Å². The molecule has 1 aliphatic heterocycles. The van der Waals surface area contributed by atoms with Crippen molar-refractivity contribution in [3.8, 4) is 11.5 Å². The number of halogens is 1. The Kier molecular flexibility index (Phi) is 5.73. The fourth-order valence-corrected chi connectivity index (χ4v) is 3.27. The first kappa shape index (κ1) is 16.4. The van der Waals surface area contributed by atoms with Crippen LogP contribution in [-0.2, 0) is 6.54 Å². The van der Waals surface area contributed by atoms with Crippen molar-refractivity contribution in [2.75, 3.05) is 34.4 Å². The van der Waals surface area contributed by atoms with Gasteiger partial charge in [-0.3, -0.25) is 0 Å². The van der Waals surface area contributed by atoms with Crippen molar-refractivity contribution in [2.45, 2.75) is 25.9 Å². The summed E-state index contributed by atoms with van der Waals surface area (Å²) in [5.74, 6) is 1.91. The highest BCUT2D eigenvalue weighted by molar-refractivity contribution is 6.33. The Hall–Kier alpha value is -0.970. The minimum Gasteiger partial charge on any atom is -0.493 e. The monoisotopic (exact) mass is 312 g/mol. The van der Waals surface area contributed by atoms with E-state index in [1.807, 2.05) is 12.1 Å². The molecule has 2 atom stereocenters. The second-order valence-electron chi connectivity index (χ2n) is 5.79. The molecule has 1 N–H and O–H groups in total. The minimum atomic E-state index is 0.533. The predicted molar refractivity (Wildman–Crippen MR) is 86.5 cm³/mol. The molecule has 1 aromatic rings. The molecule has 0 spiro atoms. The highest BCUT2D eigenvalue weighted by Gasteiger charge is 2.24. The maximum Gasteiger partial charge on any atom is 0.179 e. The molecule has 5 heteroatoms. The third-order valence-electron chi connectivity index (χ3n) is 4.23. The lowest BCUT2D eigenvalue weighted by molar-refractivity contribution is 0.174. The summed E-state index contributed by atoms with van der Waals surface area (Å²) in [5.41, 5.74) is 1.04. The molecular weight excluding hydrogens is 288 g/mol. The Morgan fingerprint density at radius 1 is 1.33 bits per heavy atom. The van der Waals surface area contributed by atoms with Crippen LogP contribution in [0.2, 0.25) is 5.02 Å². The minimum absolute atomic E-state index is 0.533. The van der Waals surface area contributed by atoms with Crippen molar-refractivity contribution >= 4 is 11.6 Å². The van der Waals surface area contributed by atoms with E-state index in [4.69, 9.17) is 21.1 Å². The molecular formula is C16H25ClN2O2. The van der Waals surface area contributed by atoms with E-state index in [1.165, 1.54) is 6.42 Å². The summed E-state index contributed by atoms with van der Waals surface area (Å²) in [6, 6.07) is 4.43. The summed E-state index contributed by atoms with van der Waals surface area (Å²) in [6.07, 6.45) is 1.17. The van der Waals surface area contributed by atoms with Crippen molar-refractivity contribution < 1.29 is 9.47 Å². The molecule has 0 amide bonds. The third-order valence-corrected chi connectivity index (χ3v) is 4.64. The number of benzene rings is 1. The van der Waals surface area contributed by atoms with Crippen LogP contribution in [0.5, 0.6) is 11.5 Å². The molecule has 1 heterocycles. The Morgan fingerprint density at radius 3 is 2.71 bits per heavy atom. The van der Waals surface area contributed by atoms with Gasteiger partial charge in [-0.15, -0.1) is 0 Å². The zero-order chi connectivity index (χ0) is 15.4. The summed E-state index contributed by atoms with van der Waals surface area (Å²) in [4.78, 5) is 2.38. The lowest BCUT2D eigenvalue weighted by Crippen LogP contribution is -2.46. The number of hydrogen-bond donors (Lipinski definition) is 1. The summed E-state index contributed by atoms with van der Waals surface area (Å²) in [7, 11) is 5.41. The molecule has 1 fully saturated rings. The third kappa shape index (κ3) is 3.82. The van der Waals surface area contributed by atoms with Crippen LogP contribution in [0.4, 0.5) is 0 Å². The van der Waals surface area contributed by atoms with Crippen LogP contribution < -0.4 is 14.8 Å². The molecule has 4 nitrogen and oxygen atoms in total. The largest absolute Gasteiger partial charge is 0.493 e. The number of ether oxygens (including phenoxy) is 2. The van der Waals surface area contributed by atoms with Gasteiger partial charge in [0.1, 0.15) is 0 Å². The van der Waals surface area contributed by atoms with E-state index in [1.54, 1.807) is 14.2 Å². The summed E-state index contributed by atoms with van der Waals surface area (Å²) in [6.45, 7) is 5.32. The van der Waals surface area contributed by atoms with Gasteiger partial charge in [0.15, 0.2) is 11.5 Å².